The molecule has 0 saturated heterocycles. The summed E-state index contributed by atoms with van der Waals surface area (Å²) in [6, 6.07) is 1.36. The molecule has 0 aromatic heterocycles. The van der Waals surface area contributed by atoms with Crippen LogP contribution in [-0.2, 0) is 0 Å². The first kappa shape index (κ1) is 8.96. The van der Waals surface area contributed by atoms with E-state index in [0.717, 1.165) is 0 Å². The standard InChI is InChI=1S/C8H19N/c1-5-7(3)9-8(4)6-2/h7-9H,5-6H2,1-4H3/t7-,8+. The lowest BCUT2D eigenvalue weighted by molar-refractivity contribution is 0.449. The quantitative estimate of drug-likeness (QED) is 0.613. The third-order valence-corrected chi connectivity index (χ3v) is 1.79. The van der Waals surface area contributed by atoms with Gasteiger partial charge < -0.3 is 5.32 Å². The number of rotatable bonds is 4. The Morgan fingerprint density at radius 1 is 1.00 bits per heavy atom. The molecule has 56 valence electrons. The van der Waals surface area contributed by atoms with Crippen LogP contribution < -0.4 is 5.32 Å². The molecule has 0 aromatic carbocycles. The predicted molar refractivity (Wildman–Crippen MR) is 42.6 cm³/mol. The van der Waals surface area contributed by atoms with Crippen LogP contribution in [0.2, 0.25) is 0 Å². The first-order valence-electron chi connectivity index (χ1n) is 3.96. The van der Waals surface area contributed by atoms with Gasteiger partial charge in [-0.05, 0) is 26.7 Å². The molecule has 0 aliphatic carbocycles. The molecular formula is C8H19N. The minimum atomic E-state index is 0.681. The van der Waals surface area contributed by atoms with Gasteiger partial charge in [-0.25, -0.2) is 0 Å². The van der Waals surface area contributed by atoms with E-state index in [1.54, 1.807) is 0 Å². The zero-order chi connectivity index (χ0) is 7.28. The number of nitrogens with one attached hydrogen (secondary N) is 1. The van der Waals surface area contributed by atoms with E-state index in [1.807, 2.05) is 0 Å². The molecule has 0 aromatic rings. The topological polar surface area (TPSA) is 12.0 Å². The summed E-state index contributed by atoms with van der Waals surface area (Å²) in [4.78, 5) is 0. The van der Waals surface area contributed by atoms with Gasteiger partial charge in [0.1, 0.15) is 0 Å². The van der Waals surface area contributed by atoms with Crippen molar-refractivity contribution in [2.45, 2.75) is 52.6 Å². The fraction of sp³-hybridized carbons (Fsp3) is 1.00. The lowest BCUT2D eigenvalue weighted by Crippen LogP contribution is -2.33. The molecule has 1 N–H and O–H groups in total. The van der Waals surface area contributed by atoms with Gasteiger partial charge in [0.2, 0.25) is 0 Å². The summed E-state index contributed by atoms with van der Waals surface area (Å²) in [5.74, 6) is 0. The maximum absolute atomic E-state index is 3.48. The van der Waals surface area contributed by atoms with Crippen molar-refractivity contribution in [1.82, 2.24) is 5.32 Å². The molecule has 0 unspecified atom stereocenters. The van der Waals surface area contributed by atoms with Crippen LogP contribution in [0.1, 0.15) is 40.5 Å². The van der Waals surface area contributed by atoms with Gasteiger partial charge in [0.25, 0.3) is 0 Å². The fourth-order valence-corrected chi connectivity index (χ4v) is 0.721. The van der Waals surface area contributed by atoms with Crippen molar-refractivity contribution in [2.24, 2.45) is 0 Å². The van der Waals surface area contributed by atoms with Gasteiger partial charge in [0.15, 0.2) is 0 Å². The van der Waals surface area contributed by atoms with Gasteiger partial charge >= 0.3 is 0 Å². The fourth-order valence-electron chi connectivity index (χ4n) is 0.721. The summed E-state index contributed by atoms with van der Waals surface area (Å²) in [7, 11) is 0. The van der Waals surface area contributed by atoms with E-state index >= 15 is 0 Å². The summed E-state index contributed by atoms with van der Waals surface area (Å²) in [6.45, 7) is 8.87. The minimum Gasteiger partial charge on any atom is -0.312 e. The van der Waals surface area contributed by atoms with Crippen LogP contribution in [0, 0.1) is 0 Å². The Balaban J connectivity index is 3.22. The van der Waals surface area contributed by atoms with Crippen LogP contribution in [0.4, 0.5) is 0 Å². The van der Waals surface area contributed by atoms with Crippen LogP contribution in [0.3, 0.4) is 0 Å². The highest BCUT2D eigenvalue weighted by Crippen LogP contribution is 1.93. The molecule has 0 radical (unpaired) electrons. The molecule has 0 heterocycles. The van der Waals surface area contributed by atoms with E-state index in [2.05, 4.69) is 33.0 Å². The Bertz CT molecular complexity index is 53.6. The van der Waals surface area contributed by atoms with Crippen LogP contribution in [0.25, 0.3) is 0 Å². The van der Waals surface area contributed by atoms with E-state index in [4.69, 9.17) is 0 Å². The minimum absolute atomic E-state index is 0.681. The molecule has 0 fully saturated rings. The van der Waals surface area contributed by atoms with Gasteiger partial charge in [-0.3, -0.25) is 0 Å². The van der Waals surface area contributed by atoms with Crippen molar-refractivity contribution < 1.29 is 0 Å². The lowest BCUT2D eigenvalue weighted by Gasteiger charge is -2.16. The first-order valence-corrected chi connectivity index (χ1v) is 3.96. The highest BCUT2D eigenvalue weighted by molar-refractivity contribution is 4.63. The summed E-state index contributed by atoms with van der Waals surface area (Å²) in [6.07, 6.45) is 2.45. The Labute approximate surface area is 58.8 Å². The van der Waals surface area contributed by atoms with Crippen LogP contribution in [-0.4, -0.2) is 12.1 Å². The SMILES string of the molecule is CC[C@@H](C)N[C@@H](C)CC. The second-order valence-corrected chi connectivity index (χ2v) is 2.79. The average Bonchev–Trinajstić information content (AvgIpc) is 1.87. The summed E-state index contributed by atoms with van der Waals surface area (Å²) < 4.78 is 0. The van der Waals surface area contributed by atoms with E-state index in [-0.39, 0.29) is 0 Å². The number of hydrogen-bond donors (Lipinski definition) is 1. The van der Waals surface area contributed by atoms with Gasteiger partial charge in [-0.2, -0.15) is 0 Å². The second-order valence-electron chi connectivity index (χ2n) is 2.79. The molecule has 2 atom stereocenters. The van der Waals surface area contributed by atoms with Crippen LogP contribution in [0.5, 0.6) is 0 Å². The normalized spacial score (nSPS) is 17.3. The molecule has 9 heavy (non-hydrogen) atoms. The van der Waals surface area contributed by atoms with Gasteiger partial charge in [0.05, 0.1) is 0 Å². The average molecular weight is 129 g/mol. The van der Waals surface area contributed by atoms with Gasteiger partial charge in [-0.15, -0.1) is 0 Å². The molecule has 0 rings (SSSR count). The molecule has 0 spiro atoms. The first-order chi connectivity index (χ1) is 4.20. The van der Waals surface area contributed by atoms with Crippen molar-refractivity contribution in [1.29, 1.82) is 0 Å². The summed E-state index contributed by atoms with van der Waals surface area (Å²) in [5, 5.41) is 3.48. The Kier molecular flexibility index (Phi) is 4.78. The molecule has 0 amide bonds. The summed E-state index contributed by atoms with van der Waals surface area (Å²) in [5.41, 5.74) is 0. The van der Waals surface area contributed by atoms with Crippen molar-refractivity contribution in [2.75, 3.05) is 0 Å². The highest BCUT2D eigenvalue weighted by Gasteiger charge is 2.00. The molecular weight excluding hydrogens is 110 g/mol. The Morgan fingerprint density at radius 2 is 1.33 bits per heavy atom. The number of hydrogen-bond acceptors (Lipinski definition) is 1. The molecule has 0 bridgehead atoms. The zero-order valence-corrected chi connectivity index (χ0v) is 7.07. The van der Waals surface area contributed by atoms with E-state index in [9.17, 15) is 0 Å². The second kappa shape index (κ2) is 4.80. The molecule has 0 aliphatic rings. The summed E-state index contributed by atoms with van der Waals surface area (Å²) >= 11 is 0. The van der Waals surface area contributed by atoms with Crippen LogP contribution >= 0.6 is 0 Å². The maximum atomic E-state index is 3.48. The molecule has 1 nitrogen and oxygen atoms in total. The smallest absolute Gasteiger partial charge is 0.00385 e. The third-order valence-electron chi connectivity index (χ3n) is 1.79. The maximum Gasteiger partial charge on any atom is 0.00385 e. The van der Waals surface area contributed by atoms with E-state index < -0.39 is 0 Å². The Morgan fingerprint density at radius 3 is 1.56 bits per heavy atom. The van der Waals surface area contributed by atoms with Crippen molar-refractivity contribution in [3.63, 3.8) is 0 Å². The Hall–Kier alpha value is -0.0400. The molecule has 0 saturated carbocycles. The predicted octanol–water partition coefficient (Wildman–Crippen LogP) is 2.17. The third kappa shape index (κ3) is 4.46. The largest absolute Gasteiger partial charge is 0.312 e. The molecule has 0 aliphatic heterocycles. The lowest BCUT2D eigenvalue weighted by atomic mass is 10.2. The van der Waals surface area contributed by atoms with E-state index in [0.29, 0.717) is 12.1 Å². The molecule has 1 heteroatoms. The van der Waals surface area contributed by atoms with Gasteiger partial charge in [-0.1, -0.05) is 13.8 Å². The monoisotopic (exact) mass is 129 g/mol. The van der Waals surface area contributed by atoms with Crippen molar-refractivity contribution >= 4 is 0 Å². The van der Waals surface area contributed by atoms with Crippen LogP contribution in [0.15, 0.2) is 0 Å². The van der Waals surface area contributed by atoms with Gasteiger partial charge in [0, 0.05) is 12.1 Å². The van der Waals surface area contributed by atoms with Crippen molar-refractivity contribution in [3.8, 4) is 0 Å². The highest BCUT2D eigenvalue weighted by atomic mass is 14.9. The van der Waals surface area contributed by atoms with E-state index in [1.165, 1.54) is 12.8 Å². The zero-order valence-electron chi connectivity index (χ0n) is 7.07. The van der Waals surface area contributed by atoms with Crippen molar-refractivity contribution in [3.05, 3.63) is 0 Å².